The van der Waals surface area contributed by atoms with Crippen LogP contribution in [-0.2, 0) is 14.3 Å². The summed E-state index contributed by atoms with van der Waals surface area (Å²) >= 11 is 5.44. The summed E-state index contributed by atoms with van der Waals surface area (Å²) in [6.07, 6.45) is 1.12. The first kappa shape index (κ1) is 15.0. The van der Waals surface area contributed by atoms with Crippen LogP contribution in [0.2, 0.25) is 0 Å². The predicted octanol–water partition coefficient (Wildman–Crippen LogP) is 0.589. The quantitative estimate of drug-likeness (QED) is 0.748. The third-order valence-corrected chi connectivity index (χ3v) is 2.85. The van der Waals surface area contributed by atoms with Crippen LogP contribution >= 0.6 is 11.6 Å². The molecule has 0 aromatic heterocycles. The van der Waals surface area contributed by atoms with Crippen molar-refractivity contribution >= 4 is 23.6 Å². The molecule has 1 fully saturated rings. The molecule has 2 amide bonds. The number of methoxy groups -OCH3 is 1. The van der Waals surface area contributed by atoms with E-state index in [0.717, 1.165) is 12.8 Å². The van der Waals surface area contributed by atoms with Crippen molar-refractivity contribution in [2.45, 2.75) is 18.9 Å². The van der Waals surface area contributed by atoms with Crippen LogP contribution in [0.25, 0.3) is 0 Å². The van der Waals surface area contributed by atoms with Gasteiger partial charge in [-0.15, -0.1) is 11.6 Å². The first-order valence-corrected chi connectivity index (χ1v) is 6.46. The minimum atomic E-state index is -0.336. The first-order valence-electron chi connectivity index (χ1n) is 5.93. The monoisotopic (exact) mass is 278 g/mol. The maximum absolute atomic E-state index is 11.5. The fourth-order valence-corrected chi connectivity index (χ4v) is 1.90. The average molecular weight is 279 g/mol. The van der Waals surface area contributed by atoms with Gasteiger partial charge >= 0.3 is 6.09 Å². The highest BCUT2D eigenvalue weighted by molar-refractivity contribution is 6.18. The molecule has 18 heavy (non-hydrogen) atoms. The molecule has 0 saturated carbocycles. The number of carbonyl (C=O) groups excluding carboxylic acids is 2. The fraction of sp³-hybridized carbons (Fsp3) is 0.818. The van der Waals surface area contributed by atoms with Gasteiger partial charge in [0.2, 0.25) is 5.91 Å². The number of hydrogen-bond acceptors (Lipinski definition) is 4. The van der Waals surface area contributed by atoms with Crippen LogP contribution in [0.15, 0.2) is 0 Å². The summed E-state index contributed by atoms with van der Waals surface area (Å²) in [7, 11) is 1.48. The van der Waals surface area contributed by atoms with Crippen LogP contribution in [0.3, 0.4) is 0 Å². The highest BCUT2D eigenvalue weighted by atomic mass is 35.5. The smallest absolute Gasteiger partial charge is 0.409 e. The second-order valence-electron chi connectivity index (χ2n) is 4.07. The Bertz CT molecular complexity index is 280. The van der Waals surface area contributed by atoms with Crippen molar-refractivity contribution < 1.29 is 19.1 Å². The normalized spacial score (nSPS) is 16.4. The van der Waals surface area contributed by atoms with Gasteiger partial charge in [0.15, 0.2) is 0 Å². The number of piperidine rings is 1. The van der Waals surface area contributed by atoms with Crippen molar-refractivity contribution in [2.24, 2.45) is 0 Å². The number of hydrogen-bond donors (Lipinski definition) is 1. The molecule has 0 aromatic carbocycles. The second kappa shape index (κ2) is 8.16. The van der Waals surface area contributed by atoms with Crippen LogP contribution in [0.4, 0.5) is 4.79 Å². The van der Waals surface area contributed by atoms with E-state index < -0.39 is 0 Å². The number of halogens is 1. The summed E-state index contributed by atoms with van der Waals surface area (Å²) in [4.78, 5) is 24.5. The molecule has 1 rings (SSSR count). The molecule has 0 bridgehead atoms. The fourth-order valence-electron chi connectivity index (χ4n) is 1.82. The molecule has 0 aromatic rings. The van der Waals surface area contributed by atoms with Crippen LogP contribution in [-0.4, -0.2) is 62.2 Å². The molecule has 0 atom stereocenters. The zero-order valence-corrected chi connectivity index (χ0v) is 11.2. The van der Waals surface area contributed by atoms with E-state index in [0.29, 0.717) is 19.0 Å². The molecule has 0 aliphatic carbocycles. The van der Waals surface area contributed by atoms with Gasteiger partial charge in [-0.2, -0.15) is 0 Å². The molecule has 0 unspecified atom stereocenters. The van der Waals surface area contributed by atoms with Crippen LogP contribution in [0.5, 0.6) is 0 Å². The van der Waals surface area contributed by atoms with E-state index in [9.17, 15) is 9.59 Å². The molecule has 1 heterocycles. The maximum Gasteiger partial charge on any atom is 0.409 e. The zero-order chi connectivity index (χ0) is 13.4. The Kier molecular flexibility index (Phi) is 6.82. The van der Waals surface area contributed by atoms with E-state index in [1.807, 2.05) is 0 Å². The number of carbonyl (C=O) groups is 2. The van der Waals surface area contributed by atoms with Crippen molar-refractivity contribution in [1.82, 2.24) is 10.2 Å². The van der Waals surface area contributed by atoms with Crippen molar-refractivity contribution in [2.75, 3.05) is 39.3 Å². The van der Waals surface area contributed by atoms with Gasteiger partial charge in [0.1, 0.15) is 13.2 Å². The van der Waals surface area contributed by atoms with Gasteiger partial charge in [-0.25, -0.2) is 4.79 Å². The third-order valence-electron chi connectivity index (χ3n) is 2.70. The van der Waals surface area contributed by atoms with E-state index >= 15 is 0 Å². The molecular formula is C11H19ClN2O4. The van der Waals surface area contributed by atoms with Gasteiger partial charge in [-0.3, -0.25) is 4.79 Å². The van der Waals surface area contributed by atoms with Crippen LogP contribution in [0.1, 0.15) is 12.8 Å². The van der Waals surface area contributed by atoms with Gasteiger partial charge in [-0.05, 0) is 12.8 Å². The predicted molar refractivity (Wildman–Crippen MR) is 66.7 cm³/mol. The number of alkyl halides is 1. The average Bonchev–Trinajstić information content (AvgIpc) is 2.37. The summed E-state index contributed by atoms with van der Waals surface area (Å²) in [6.45, 7) is 1.46. The lowest BCUT2D eigenvalue weighted by Crippen LogP contribution is -2.47. The van der Waals surface area contributed by atoms with Gasteiger partial charge < -0.3 is 19.7 Å². The molecule has 1 N–H and O–H groups in total. The van der Waals surface area contributed by atoms with Gasteiger partial charge in [0, 0.05) is 26.2 Å². The highest BCUT2D eigenvalue weighted by Crippen LogP contribution is 2.11. The Hall–Kier alpha value is -1.01. The standard InChI is InChI=1S/C11H19ClN2O4/c1-17-8-10(15)13-9-2-5-14(6-3-9)11(16)18-7-4-12/h9H,2-8H2,1H3,(H,13,15). The minimum absolute atomic E-state index is 0.0674. The van der Waals surface area contributed by atoms with Crippen molar-refractivity contribution in [3.05, 3.63) is 0 Å². The zero-order valence-electron chi connectivity index (χ0n) is 10.5. The summed E-state index contributed by atoms with van der Waals surface area (Å²) in [6, 6.07) is 0.102. The van der Waals surface area contributed by atoms with Gasteiger partial charge in [0.05, 0.1) is 5.88 Å². The lowest BCUT2D eigenvalue weighted by Gasteiger charge is -2.31. The third kappa shape index (κ3) is 5.10. The Morgan fingerprint density at radius 1 is 1.39 bits per heavy atom. The molecular weight excluding hydrogens is 260 g/mol. The van der Waals surface area contributed by atoms with E-state index in [-0.39, 0.29) is 31.3 Å². The lowest BCUT2D eigenvalue weighted by molar-refractivity contribution is -0.125. The van der Waals surface area contributed by atoms with E-state index in [1.54, 1.807) is 4.90 Å². The van der Waals surface area contributed by atoms with Gasteiger partial charge in [0.25, 0.3) is 0 Å². The van der Waals surface area contributed by atoms with Crippen molar-refractivity contribution in [1.29, 1.82) is 0 Å². The number of ether oxygens (including phenoxy) is 2. The molecule has 1 aliphatic heterocycles. The Labute approximate surface area is 112 Å². The summed E-state index contributed by atoms with van der Waals surface area (Å²) in [5.41, 5.74) is 0. The summed E-state index contributed by atoms with van der Waals surface area (Å²) in [5.74, 6) is 0.176. The van der Waals surface area contributed by atoms with E-state index in [1.165, 1.54) is 7.11 Å². The van der Waals surface area contributed by atoms with E-state index in [4.69, 9.17) is 21.1 Å². The second-order valence-corrected chi connectivity index (χ2v) is 4.44. The SMILES string of the molecule is COCC(=O)NC1CCN(C(=O)OCCCl)CC1. The number of rotatable bonds is 5. The Balaban J connectivity index is 2.23. The number of nitrogens with zero attached hydrogens (tertiary/aromatic N) is 1. The topological polar surface area (TPSA) is 67.9 Å². The van der Waals surface area contributed by atoms with Crippen LogP contribution < -0.4 is 5.32 Å². The molecule has 7 heteroatoms. The molecule has 1 aliphatic rings. The number of nitrogens with one attached hydrogen (secondary N) is 1. The molecule has 0 radical (unpaired) electrons. The molecule has 104 valence electrons. The summed E-state index contributed by atoms with van der Waals surface area (Å²) in [5, 5.41) is 2.86. The van der Waals surface area contributed by atoms with Crippen molar-refractivity contribution in [3.63, 3.8) is 0 Å². The van der Waals surface area contributed by atoms with Crippen LogP contribution in [0, 0.1) is 0 Å². The summed E-state index contributed by atoms with van der Waals surface area (Å²) < 4.78 is 9.67. The molecule has 1 saturated heterocycles. The largest absolute Gasteiger partial charge is 0.448 e. The highest BCUT2D eigenvalue weighted by Gasteiger charge is 2.24. The van der Waals surface area contributed by atoms with Crippen molar-refractivity contribution in [3.8, 4) is 0 Å². The van der Waals surface area contributed by atoms with E-state index in [2.05, 4.69) is 5.32 Å². The first-order chi connectivity index (χ1) is 8.67. The minimum Gasteiger partial charge on any atom is -0.448 e. The number of amides is 2. The molecule has 6 nitrogen and oxygen atoms in total. The maximum atomic E-state index is 11.5. The molecule has 0 spiro atoms. The Morgan fingerprint density at radius 3 is 2.61 bits per heavy atom. The number of likely N-dealkylation sites (tertiary alicyclic amines) is 1. The van der Waals surface area contributed by atoms with Gasteiger partial charge in [-0.1, -0.05) is 0 Å². The Morgan fingerprint density at radius 2 is 2.06 bits per heavy atom. The lowest BCUT2D eigenvalue weighted by atomic mass is 10.1.